The van der Waals surface area contributed by atoms with Gasteiger partial charge in [0.05, 0.1) is 5.88 Å². The van der Waals surface area contributed by atoms with Crippen LogP contribution in [-0.2, 0) is 13.9 Å². The summed E-state index contributed by atoms with van der Waals surface area (Å²) in [5.74, 6) is 0.0348. The second kappa shape index (κ2) is 7.95. The molecular weight excluding hydrogens is 313 g/mol. The minimum absolute atomic E-state index is 0.429. The van der Waals surface area contributed by atoms with Crippen molar-refractivity contribution in [1.29, 1.82) is 0 Å². The van der Waals surface area contributed by atoms with Gasteiger partial charge in [0.2, 0.25) is 4.52 Å². The molecule has 0 aromatic heterocycles. The molecule has 0 spiro atoms. The van der Waals surface area contributed by atoms with Gasteiger partial charge in [-0.05, 0) is 12.8 Å². The Bertz CT molecular complexity index is 283. The summed E-state index contributed by atoms with van der Waals surface area (Å²) in [6, 6.07) is 0. The average molecular weight is 328 g/mol. The van der Waals surface area contributed by atoms with E-state index in [0.717, 1.165) is 25.7 Å². The van der Waals surface area contributed by atoms with E-state index in [4.69, 9.17) is 44.6 Å². The molecule has 0 amide bonds. The summed E-state index contributed by atoms with van der Waals surface area (Å²) in [5, 5.41) is 0. The summed E-state index contributed by atoms with van der Waals surface area (Å²) >= 11 is 15.3. The molecule has 1 aliphatic rings. The lowest BCUT2D eigenvalue weighted by Crippen LogP contribution is -2.17. The van der Waals surface area contributed by atoms with E-state index >= 15 is 0 Å². The maximum absolute atomic E-state index is 10.5. The topological polar surface area (TPSA) is 83.8 Å². The van der Waals surface area contributed by atoms with E-state index in [1.165, 1.54) is 6.42 Å². The van der Waals surface area contributed by atoms with E-state index < -0.39 is 18.2 Å². The molecule has 17 heavy (non-hydrogen) atoms. The molecular formula is C8H14Cl3O5P. The smallest absolute Gasteiger partial charge is 0.303 e. The van der Waals surface area contributed by atoms with Crippen LogP contribution in [0.4, 0.5) is 0 Å². The molecule has 0 aromatic carbocycles. The highest BCUT2D eigenvalue weighted by Gasteiger charge is 2.32. The molecule has 0 radical (unpaired) electrons. The highest BCUT2D eigenvalue weighted by molar-refractivity contribution is 7.46. The number of phosphoric acid groups is 1. The second-order valence-corrected chi connectivity index (χ2v) is 6.30. The van der Waals surface area contributed by atoms with Crippen LogP contribution in [-0.4, -0.2) is 26.0 Å². The van der Waals surface area contributed by atoms with Gasteiger partial charge in [-0.2, -0.15) is 0 Å². The number of Topliss-reactive ketones (excluding diaryl/α,β-unsaturated/α-hetero) is 1. The van der Waals surface area contributed by atoms with Gasteiger partial charge in [-0.15, -0.1) is 11.6 Å². The number of halogens is 3. The molecule has 0 aliphatic heterocycles. The first-order valence-corrected chi connectivity index (χ1v) is 7.70. The molecule has 1 fully saturated rings. The first-order valence-electron chi connectivity index (χ1n) is 4.88. The number of phosphoric ester groups is 1. The van der Waals surface area contributed by atoms with Crippen molar-refractivity contribution < 1.29 is 23.7 Å². The predicted octanol–water partition coefficient (Wildman–Crippen LogP) is 2.99. The summed E-state index contributed by atoms with van der Waals surface area (Å²) in [4.78, 5) is 26.8. The standard InChI is InChI=1S/C6H10O.C2H4Cl3O4P/c7-6-4-2-1-3-5-6;3-1-2(4,5)9-10(6,7)8/h1-5H2;1H2,(H2,6,7,8). The lowest BCUT2D eigenvalue weighted by molar-refractivity contribution is -0.120. The van der Waals surface area contributed by atoms with Crippen molar-refractivity contribution in [1.82, 2.24) is 0 Å². The third kappa shape index (κ3) is 11.5. The Hall–Kier alpha value is 0.650. The van der Waals surface area contributed by atoms with Crippen molar-refractivity contribution in [2.45, 2.75) is 36.6 Å². The predicted molar refractivity (Wildman–Crippen MR) is 66.4 cm³/mol. The van der Waals surface area contributed by atoms with Crippen molar-refractivity contribution in [3.8, 4) is 0 Å². The van der Waals surface area contributed by atoms with E-state index in [2.05, 4.69) is 4.52 Å². The highest BCUT2D eigenvalue weighted by Crippen LogP contribution is 2.45. The number of hydrogen-bond acceptors (Lipinski definition) is 3. The van der Waals surface area contributed by atoms with Gasteiger partial charge in [-0.25, -0.2) is 9.09 Å². The monoisotopic (exact) mass is 326 g/mol. The lowest BCUT2D eigenvalue weighted by atomic mass is 10.00. The number of carbonyl (C=O) groups excluding carboxylic acids is 1. The average Bonchev–Trinajstić information content (AvgIpc) is 2.16. The number of alkyl halides is 3. The number of carbonyl (C=O) groups is 1. The van der Waals surface area contributed by atoms with Crippen LogP contribution in [0, 0.1) is 0 Å². The van der Waals surface area contributed by atoms with Crippen LogP contribution in [0.2, 0.25) is 0 Å². The minimum Gasteiger partial charge on any atom is -0.303 e. The fraction of sp³-hybridized carbons (Fsp3) is 0.875. The Kier molecular flexibility index (Phi) is 8.25. The van der Waals surface area contributed by atoms with Gasteiger partial charge in [0, 0.05) is 12.8 Å². The summed E-state index contributed by atoms with van der Waals surface area (Å²) in [6.07, 6.45) is 5.24. The Balaban J connectivity index is 0.000000318. The lowest BCUT2D eigenvalue weighted by Gasteiger charge is -2.16. The molecule has 0 atom stereocenters. The van der Waals surface area contributed by atoms with Gasteiger partial charge in [0.15, 0.2) is 0 Å². The molecule has 9 heteroatoms. The van der Waals surface area contributed by atoms with Gasteiger partial charge in [0.25, 0.3) is 0 Å². The fourth-order valence-electron chi connectivity index (χ4n) is 1.14. The molecule has 102 valence electrons. The Morgan fingerprint density at radius 2 is 1.71 bits per heavy atom. The summed E-state index contributed by atoms with van der Waals surface area (Å²) in [7, 11) is -4.65. The van der Waals surface area contributed by atoms with E-state index in [1.807, 2.05) is 0 Å². The van der Waals surface area contributed by atoms with E-state index in [9.17, 15) is 9.36 Å². The number of hydrogen-bond donors (Lipinski definition) is 2. The minimum atomic E-state index is -4.65. The zero-order valence-electron chi connectivity index (χ0n) is 8.94. The second-order valence-electron chi connectivity index (χ2n) is 3.45. The Morgan fingerprint density at radius 3 is 1.88 bits per heavy atom. The molecule has 0 heterocycles. The van der Waals surface area contributed by atoms with Gasteiger partial charge < -0.3 is 9.79 Å². The van der Waals surface area contributed by atoms with E-state index in [0.29, 0.717) is 5.78 Å². The molecule has 0 unspecified atom stereocenters. The Morgan fingerprint density at radius 1 is 1.24 bits per heavy atom. The Labute approximate surface area is 115 Å². The van der Waals surface area contributed by atoms with Crippen molar-refractivity contribution in [3.05, 3.63) is 0 Å². The van der Waals surface area contributed by atoms with Crippen molar-refractivity contribution >= 4 is 48.4 Å². The van der Waals surface area contributed by atoms with Gasteiger partial charge >= 0.3 is 7.82 Å². The van der Waals surface area contributed by atoms with Crippen molar-refractivity contribution in [2.24, 2.45) is 0 Å². The normalized spacial score (nSPS) is 17.4. The van der Waals surface area contributed by atoms with Crippen molar-refractivity contribution in [3.63, 3.8) is 0 Å². The van der Waals surface area contributed by atoms with E-state index in [-0.39, 0.29) is 0 Å². The molecule has 1 saturated carbocycles. The van der Waals surface area contributed by atoms with Crippen LogP contribution >= 0.6 is 42.6 Å². The third-order valence-corrected chi connectivity index (χ3v) is 3.66. The van der Waals surface area contributed by atoms with Gasteiger partial charge in [-0.3, -0.25) is 4.79 Å². The zero-order valence-corrected chi connectivity index (χ0v) is 12.1. The number of rotatable bonds is 3. The fourth-order valence-corrected chi connectivity index (χ4v) is 2.23. The van der Waals surface area contributed by atoms with Crippen molar-refractivity contribution in [2.75, 3.05) is 5.88 Å². The van der Waals surface area contributed by atoms with E-state index in [1.54, 1.807) is 0 Å². The molecule has 0 aromatic rings. The zero-order chi connectivity index (χ0) is 13.5. The van der Waals surface area contributed by atoms with Crippen LogP contribution in [0.1, 0.15) is 32.1 Å². The quantitative estimate of drug-likeness (QED) is 0.615. The first kappa shape index (κ1) is 17.6. The first-order chi connectivity index (χ1) is 7.66. The molecule has 0 saturated heterocycles. The van der Waals surface area contributed by atoms with Crippen LogP contribution in [0.15, 0.2) is 0 Å². The SMILES string of the molecule is O=C1CCCCC1.O=P(O)(O)OC(Cl)(Cl)CCl. The molecule has 1 aliphatic carbocycles. The maximum atomic E-state index is 10.5. The molecule has 1 rings (SSSR count). The highest BCUT2D eigenvalue weighted by atomic mass is 35.5. The largest absolute Gasteiger partial charge is 0.472 e. The maximum Gasteiger partial charge on any atom is 0.472 e. The summed E-state index contributed by atoms with van der Waals surface area (Å²) < 4.78 is 11.9. The van der Waals surface area contributed by atoms with Crippen LogP contribution in [0.25, 0.3) is 0 Å². The molecule has 0 bridgehead atoms. The third-order valence-electron chi connectivity index (χ3n) is 1.82. The van der Waals surface area contributed by atoms with Gasteiger partial charge in [-0.1, -0.05) is 29.6 Å². The summed E-state index contributed by atoms with van der Waals surface area (Å²) in [6.45, 7) is 0. The van der Waals surface area contributed by atoms with Gasteiger partial charge in [0.1, 0.15) is 5.78 Å². The summed E-state index contributed by atoms with van der Waals surface area (Å²) in [5.41, 5.74) is 0. The van der Waals surface area contributed by atoms with Crippen LogP contribution in [0.3, 0.4) is 0 Å². The molecule has 2 N–H and O–H groups in total. The molecule has 5 nitrogen and oxygen atoms in total. The van der Waals surface area contributed by atoms with Crippen LogP contribution < -0.4 is 0 Å². The number of ketones is 1. The van der Waals surface area contributed by atoms with Crippen LogP contribution in [0.5, 0.6) is 0 Å².